The third kappa shape index (κ3) is 1.79. The van der Waals surface area contributed by atoms with E-state index >= 15 is 0 Å². The first-order valence-corrected chi connectivity index (χ1v) is 6.40. The van der Waals surface area contributed by atoms with Gasteiger partial charge in [-0.05, 0) is 46.0 Å². The maximum atomic E-state index is 10.3. The highest BCUT2D eigenvalue weighted by molar-refractivity contribution is 6.04. The van der Waals surface area contributed by atoms with Gasteiger partial charge in [0.1, 0.15) is 17.1 Å². The summed E-state index contributed by atoms with van der Waals surface area (Å²) < 4.78 is 11.4. The van der Waals surface area contributed by atoms with Gasteiger partial charge in [0, 0.05) is 10.9 Å². The Morgan fingerprint density at radius 2 is 1.68 bits per heavy atom. The molecule has 3 rings (SSSR count). The number of fused-ring (bicyclic) bond motifs is 2. The minimum Gasteiger partial charge on any atom is -0.504 e. The van der Waals surface area contributed by atoms with Gasteiger partial charge in [-0.3, -0.25) is 0 Å². The molecule has 1 aromatic carbocycles. The Hall–Kier alpha value is -1.94. The molecule has 0 amide bonds. The Labute approximate surface area is 111 Å². The zero-order valence-corrected chi connectivity index (χ0v) is 11.3. The van der Waals surface area contributed by atoms with Gasteiger partial charge in [-0.2, -0.15) is 0 Å². The summed E-state index contributed by atoms with van der Waals surface area (Å²) in [6, 6.07) is 3.81. The number of benzene rings is 1. The largest absolute Gasteiger partial charge is 0.504 e. The Kier molecular flexibility index (Phi) is 2.75. The second kappa shape index (κ2) is 4.31. The average Bonchev–Trinajstić information content (AvgIpc) is 2.93. The molecule has 0 fully saturated rings. The van der Waals surface area contributed by atoms with Gasteiger partial charge in [-0.25, -0.2) is 0 Å². The molecule has 0 aliphatic heterocycles. The van der Waals surface area contributed by atoms with E-state index in [4.69, 9.17) is 8.83 Å². The lowest BCUT2D eigenvalue weighted by molar-refractivity contribution is 0.466. The maximum absolute atomic E-state index is 10.3. The van der Waals surface area contributed by atoms with E-state index in [1.165, 1.54) is 0 Å². The van der Waals surface area contributed by atoms with E-state index in [1.54, 1.807) is 0 Å². The van der Waals surface area contributed by atoms with Gasteiger partial charge >= 0.3 is 0 Å². The normalized spacial score (nSPS) is 11.7. The molecule has 4 nitrogen and oxygen atoms in total. The zero-order valence-electron chi connectivity index (χ0n) is 11.3. The van der Waals surface area contributed by atoms with Gasteiger partial charge in [-0.1, -0.05) is 0 Å². The van der Waals surface area contributed by atoms with Crippen molar-refractivity contribution in [3.63, 3.8) is 0 Å². The predicted molar refractivity (Wildman–Crippen MR) is 74.8 cm³/mol. The minimum atomic E-state index is 0.170. The number of nitrogens with one attached hydrogen (secondary N) is 1. The Balaban J connectivity index is 2.40. The molecular formula is C15H17NO3. The molecule has 0 saturated heterocycles. The van der Waals surface area contributed by atoms with Crippen LogP contribution in [0.2, 0.25) is 0 Å². The molecule has 3 aromatic rings. The van der Waals surface area contributed by atoms with E-state index in [0.29, 0.717) is 5.58 Å². The van der Waals surface area contributed by atoms with Crippen LogP contribution in [0.15, 0.2) is 21.0 Å². The lowest BCUT2D eigenvalue weighted by Gasteiger charge is -2.05. The molecule has 2 heterocycles. The summed E-state index contributed by atoms with van der Waals surface area (Å²) in [4.78, 5) is 0. The molecule has 2 aromatic heterocycles. The Morgan fingerprint density at radius 3 is 2.37 bits per heavy atom. The van der Waals surface area contributed by atoms with Gasteiger partial charge in [0.05, 0.1) is 5.39 Å². The fourth-order valence-corrected chi connectivity index (χ4v) is 2.57. The third-order valence-corrected chi connectivity index (χ3v) is 3.40. The number of rotatable bonds is 3. The fourth-order valence-electron chi connectivity index (χ4n) is 2.57. The molecule has 100 valence electrons. The molecule has 2 N–H and O–H groups in total. The molecule has 0 spiro atoms. The number of hydrogen-bond donors (Lipinski definition) is 2. The van der Waals surface area contributed by atoms with Crippen LogP contribution in [0.4, 0.5) is 0 Å². The first-order chi connectivity index (χ1) is 9.11. The standard InChI is InChI=1S/C15H17NO3/c1-8-6-11-10(4-5-16-3)14-12(7-9(2)18-14)13(17)15(11)19-8/h6-7,16-17H,4-5H2,1-3H3. The number of phenols is 1. The van der Waals surface area contributed by atoms with Crippen molar-refractivity contribution in [1.29, 1.82) is 0 Å². The van der Waals surface area contributed by atoms with Gasteiger partial charge in [0.15, 0.2) is 11.3 Å². The zero-order chi connectivity index (χ0) is 13.6. The van der Waals surface area contributed by atoms with Gasteiger partial charge < -0.3 is 19.3 Å². The highest BCUT2D eigenvalue weighted by Crippen LogP contribution is 2.40. The Bertz CT molecular complexity index is 694. The van der Waals surface area contributed by atoms with Crippen molar-refractivity contribution in [2.75, 3.05) is 13.6 Å². The first-order valence-electron chi connectivity index (χ1n) is 6.40. The van der Waals surface area contributed by atoms with Crippen molar-refractivity contribution >= 4 is 21.9 Å². The molecule has 0 atom stereocenters. The Morgan fingerprint density at radius 1 is 1.05 bits per heavy atom. The van der Waals surface area contributed by atoms with Crippen molar-refractivity contribution < 1.29 is 13.9 Å². The third-order valence-electron chi connectivity index (χ3n) is 3.40. The number of aromatic hydroxyl groups is 1. The molecule has 4 heteroatoms. The summed E-state index contributed by atoms with van der Waals surface area (Å²) in [6.45, 7) is 4.61. The highest BCUT2D eigenvalue weighted by Gasteiger charge is 2.19. The van der Waals surface area contributed by atoms with Crippen molar-refractivity contribution in [1.82, 2.24) is 5.32 Å². The maximum Gasteiger partial charge on any atom is 0.177 e. The van der Waals surface area contributed by atoms with Crippen LogP contribution in [0.1, 0.15) is 17.1 Å². The lowest BCUT2D eigenvalue weighted by Crippen LogP contribution is -2.10. The van der Waals surface area contributed by atoms with Crippen LogP contribution in [-0.2, 0) is 6.42 Å². The number of furan rings is 2. The first kappa shape index (κ1) is 12.1. The van der Waals surface area contributed by atoms with Gasteiger partial charge in [0.25, 0.3) is 0 Å². The van der Waals surface area contributed by atoms with Crippen molar-refractivity contribution in [2.24, 2.45) is 0 Å². The summed E-state index contributed by atoms with van der Waals surface area (Å²) in [5, 5.41) is 15.1. The number of hydrogen-bond acceptors (Lipinski definition) is 4. The SMILES string of the molecule is CNCCc1c2cc(C)oc2c(O)c2cc(C)oc12. The second-order valence-corrected chi connectivity index (χ2v) is 4.88. The van der Waals surface area contributed by atoms with Gasteiger partial charge in [-0.15, -0.1) is 0 Å². The summed E-state index contributed by atoms with van der Waals surface area (Å²) in [5.74, 6) is 1.75. The number of phenolic OH excluding ortho intramolecular Hbond substituents is 1. The summed E-state index contributed by atoms with van der Waals surface area (Å²) in [7, 11) is 1.92. The van der Waals surface area contributed by atoms with Crippen molar-refractivity contribution in [3.05, 3.63) is 29.2 Å². The van der Waals surface area contributed by atoms with Gasteiger partial charge in [0.2, 0.25) is 0 Å². The van der Waals surface area contributed by atoms with Crippen LogP contribution in [-0.4, -0.2) is 18.7 Å². The smallest absolute Gasteiger partial charge is 0.177 e. The predicted octanol–water partition coefficient (Wildman–Crippen LogP) is 3.26. The van der Waals surface area contributed by atoms with Crippen molar-refractivity contribution in [2.45, 2.75) is 20.3 Å². The monoisotopic (exact) mass is 259 g/mol. The highest BCUT2D eigenvalue weighted by atomic mass is 16.4. The van der Waals surface area contributed by atoms with Crippen LogP contribution in [0, 0.1) is 13.8 Å². The molecule has 0 bridgehead atoms. The van der Waals surface area contributed by atoms with Crippen LogP contribution in [0.3, 0.4) is 0 Å². The van der Waals surface area contributed by atoms with Crippen LogP contribution in [0.25, 0.3) is 21.9 Å². The molecule has 19 heavy (non-hydrogen) atoms. The summed E-state index contributed by atoms with van der Waals surface area (Å²) in [5.41, 5.74) is 2.40. The quantitative estimate of drug-likeness (QED) is 0.758. The van der Waals surface area contributed by atoms with Crippen molar-refractivity contribution in [3.8, 4) is 5.75 Å². The minimum absolute atomic E-state index is 0.170. The summed E-state index contributed by atoms with van der Waals surface area (Å²) in [6.07, 6.45) is 0.829. The fraction of sp³-hybridized carbons (Fsp3) is 0.333. The number of aryl methyl sites for hydroxylation is 2. The molecule has 0 radical (unpaired) electrons. The summed E-state index contributed by atoms with van der Waals surface area (Å²) >= 11 is 0. The van der Waals surface area contributed by atoms with E-state index in [2.05, 4.69) is 5.32 Å². The average molecular weight is 259 g/mol. The molecular weight excluding hydrogens is 242 g/mol. The topological polar surface area (TPSA) is 58.5 Å². The second-order valence-electron chi connectivity index (χ2n) is 4.88. The molecule has 0 saturated carbocycles. The number of likely N-dealkylation sites (N-methyl/N-ethyl adjacent to an activating group) is 1. The van der Waals surface area contributed by atoms with E-state index in [9.17, 15) is 5.11 Å². The lowest BCUT2D eigenvalue weighted by atomic mass is 10.0. The molecule has 0 aliphatic rings. The van der Waals surface area contributed by atoms with Crippen LogP contribution < -0.4 is 5.32 Å². The molecule has 0 unspecified atom stereocenters. The van der Waals surface area contributed by atoms with Crippen LogP contribution in [0.5, 0.6) is 5.75 Å². The van der Waals surface area contributed by atoms with E-state index < -0.39 is 0 Å². The van der Waals surface area contributed by atoms with Crippen LogP contribution >= 0.6 is 0 Å². The van der Waals surface area contributed by atoms with E-state index in [0.717, 1.165) is 46.4 Å². The van der Waals surface area contributed by atoms with E-state index in [-0.39, 0.29) is 5.75 Å². The van der Waals surface area contributed by atoms with E-state index in [1.807, 2.05) is 33.0 Å². The molecule has 0 aliphatic carbocycles.